The fraction of sp³-hybridized carbons (Fsp3) is 0.176. The van der Waals surface area contributed by atoms with Crippen molar-refractivity contribution in [3.05, 3.63) is 73.3 Å². The molecule has 2 aromatic carbocycles. The SMILES string of the molecule is C=C[C@H]([C@H](C)O)N(c1ccccc1)c1ccccc1. The van der Waals surface area contributed by atoms with Crippen molar-refractivity contribution in [3.63, 3.8) is 0 Å². The number of hydrogen-bond acceptors (Lipinski definition) is 2. The second-order valence-electron chi connectivity index (χ2n) is 4.51. The highest BCUT2D eigenvalue weighted by molar-refractivity contribution is 5.65. The Morgan fingerprint density at radius 1 is 0.947 bits per heavy atom. The van der Waals surface area contributed by atoms with Crippen LogP contribution in [0.5, 0.6) is 0 Å². The molecule has 0 spiro atoms. The Bertz CT molecular complexity index is 468. The number of anilines is 2. The van der Waals surface area contributed by atoms with E-state index in [1.807, 2.05) is 60.7 Å². The third-order valence-corrected chi connectivity index (χ3v) is 3.10. The average Bonchev–Trinajstić information content (AvgIpc) is 2.46. The minimum absolute atomic E-state index is 0.162. The Labute approximate surface area is 114 Å². The van der Waals surface area contributed by atoms with Crippen LogP contribution in [0.2, 0.25) is 0 Å². The minimum Gasteiger partial charge on any atom is -0.391 e. The molecule has 0 aliphatic heterocycles. The highest BCUT2D eigenvalue weighted by Gasteiger charge is 2.21. The molecule has 0 aliphatic rings. The van der Waals surface area contributed by atoms with Gasteiger partial charge in [0.25, 0.3) is 0 Å². The quantitative estimate of drug-likeness (QED) is 0.820. The molecule has 0 radical (unpaired) electrons. The van der Waals surface area contributed by atoms with Gasteiger partial charge in [0.1, 0.15) is 0 Å². The molecule has 2 atom stereocenters. The summed E-state index contributed by atoms with van der Waals surface area (Å²) in [5.41, 5.74) is 2.08. The molecule has 1 N–H and O–H groups in total. The van der Waals surface area contributed by atoms with Gasteiger partial charge in [-0.25, -0.2) is 0 Å². The number of rotatable bonds is 5. The molecule has 0 aliphatic carbocycles. The molecule has 0 heterocycles. The van der Waals surface area contributed by atoms with Crippen LogP contribution >= 0.6 is 0 Å². The van der Waals surface area contributed by atoms with E-state index in [4.69, 9.17) is 0 Å². The maximum Gasteiger partial charge on any atom is 0.0776 e. The molecular formula is C17H19NO. The molecule has 0 amide bonds. The summed E-state index contributed by atoms with van der Waals surface area (Å²) in [5.74, 6) is 0. The molecule has 98 valence electrons. The minimum atomic E-state index is -0.502. The average molecular weight is 253 g/mol. The highest BCUT2D eigenvalue weighted by Crippen LogP contribution is 2.29. The lowest BCUT2D eigenvalue weighted by Crippen LogP contribution is -2.37. The fourth-order valence-electron chi connectivity index (χ4n) is 2.19. The number of hydrogen-bond donors (Lipinski definition) is 1. The van der Waals surface area contributed by atoms with Crippen LogP contribution in [0.1, 0.15) is 6.92 Å². The third-order valence-electron chi connectivity index (χ3n) is 3.10. The van der Waals surface area contributed by atoms with E-state index in [9.17, 15) is 5.11 Å². The first-order chi connectivity index (χ1) is 9.24. The number of aliphatic hydroxyl groups excluding tert-OH is 1. The lowest BCUT2D eigenvalue weighted by atomic mass is 10.1. The van der Waals surface area contributed by atoms with Gasteiger partial charge >= 0.3 is 0 Å². The van der Waals surface area contributed by atoms with Crippen molar-refractivity contribution in [2.24, 2.45) is 0 Å². The molecule has 2 nitrogen and oxygen atoms in total. The summed E-state index contributed by atoms with van der Waals surface area (Å²) in [6.07, 6.45) is 1.28. The molecule has 0 saturated carbocycles. The molecule has 2 aromatic rings. The zero-order chi connectivity index (χ0) is 13.7. The van der Waals surface area contributed by atoms with Gasteiger partial charge in [-0.15, -0.1) is 6.58 Å². The van der Waals surface area contributed by atoms with Crippen molar-refractivity contribution in [1.29, 1.82) is 0 Å². The predicted octanol–water partition coefficient (Wildman–Crippen LogP) is 3.76. The van der Waals surface area contributed by atoms with Crippen LogP contribution in [-0.2, 0) is 0 Å². The van der Waals surface area contributed by atoms with Crippen molar-refractivity contribution < 1.29 is 5.11 Å². The first kappa shape index (κ1) is 13.4. The van der Waals surface area contributed by atoms with Gasteiger partial charge in [-0.3, -0.25) is 0 Å². The van der Waals surface area contributed by atoms with Crippen molar-refractivity contribution >= 4 is 11.4 Å². The summed E-state index contributed by atoms with van der Waals surface area (Å²) in [7, 11) is 0. The Kier molecular flexibility index (Phi) is 4.37. The summed E-state index contributed by atoms with van der Waals surface area (Å²) in [4.78, 5) is 2.09. The van der Waals surface area contributed by atoms with E-state index in [2.05, 4.69) is 11.5 Å². The Hall–Kier alpha value is -2.06. The monoisotopic (exact) mass is 253 g/mol. The van der Waals surface area contributed by atoms with Crippen LogP contribution in [0.15, 0.2) is 73.3 Å². The lowest BCUT2D eigenvalue weighted by Gasteiger charge is -2.33. The van der Waals surface area contributed by atoms with E-state index >= 15 is 0 Å². The molecule has 2 heteroatoms. The summed E-state index contributed by atoms with van der Waals surface area (Å²) in [5, 5.41) is 9.99. The van der Waals surface area contributed by atoms with Crippen LogP contribution in [0.4, 0.5) is 11.4 Å². The Morgan fingerprint density at radius 2 is 1.37 bits per heavy atom. The van der Waals surface area contributed by atoms with Crippen molar-refractivity contribution in [2.45, 2.75) is 19.1 Å². The van der Waals surface area contributed by atoms with Gasteiger partial charge in [-0.2, -0.15) is 0 Å². The molecule has 0 bridgehead atoms. The van der Waals surface area contributed by atoms with Crippen LogP contribution < -0.4 is 4.90 Å². The number of para-hydroxylation sites is 2. The van der Waals surface area contributed by atoms with Gasteiger partial charge in [-0.1, -0.05) is 42.5 Å². The first-order valence-corrected chi connectivity index (χ1v) is 6.44. The van der Waals surface area contributed by atoms with Crippen LogP contribution in [0, 0.1) is 0 Å². The van der Waals surface area contributed by atoms with E-state index in [1.54, 1.807) is 13.0 Å². The van der Waals surface area contributed by atoms with Gasteiger partial charge in [0.2, 0.25) is 0 Å². The van der Waals surface area contributed by atoms with Crippen LogP contribution in [-0.4, -0.2) is 17.3 Å². The Morgan fingerprint density at radius 3 is 1.68 bits per heavy atom. The standard InChI is InChI=1S/C17H19NO/c1-3-17(14(2)19)18(15-10-6-4-7-11-15)16-12-8-5-9-13-16/h3-14,17,19H,1H2,2H3/t14-,17+/m0/s1. The summed E-state index contributed by atoms with van der Waals surface area (Å²) in [6.45, 7) is 5.64. The van der Waals surface area contributed by atoms with Crippen LogP contribution in [0.3, 0.4) is 0 Å². The zero-order valence-corrected chi connectivity index (χ0v) is 11.1. The van der Waals surface area contributed by atoms with E-state index in [0.29, 0.717) is 0 Å². The molecular weight excluding hydrogens is 234 g/mol. The second-order valence-corrected chi connectivity index (χ2v) is 4.51. The molecule has 2 rings (SSSR count). The number of benzene rings is 2. The normalized spacial score (nSPS) is 13.6. The first-order valence-electron chi connectivity index (χ1n) is 6.44. The van der Waals surface area contributed by atoms with Crippen molar-refractivity contribution in [1.82, 2.24) is 0 Å². The van der Waals surface area contributed by atoms with E-state index in [-0.39, 0.29) is 6.04 Å². The van der Waals surface area contributed by atoms with E-state index < -0.39 is 6.10 Å². The maximum absolute atomic E-state index is 9.99. The second kappa shape index (κ2) is 6.21. The third kappa shape index (κ3) is 3.04. The van der Waals surface area contributed by atoms with Crippen molar-refractivity contribution in [2.75, 3.05) is 4.90 Å². The smallest absolute Gasteiger partial charge is 0.0776 e. The predicted molar refractivity (Wildman–Crippen MR) is 80.7 cm³/mol. The van der Waals surface area contributed by atoms with Crippen LogP contribution in [0.25, 0.3) is 0 Å². The highest BCUT2D eigenvalue weighted by atomic mass is 16.3. The number of nitrogens with zero attached hydrogens (tertiary/aromatic N) is 1. The summed E-state index contributed by atoms with van der Waals surface area (Å²) in [6, 6.07) is 19.9. The van der Waals surface area contributed by atoms with Gasteiger partial charge in [-0.05, 0) is 31.2 Å². The summed E-state index contributed by atoms with van der Waals surface area (Å²) >= 11 is 0. The summed E-state index contributed by atoms with van der Waals surface area (Å²) < 4.78 is 0. The van der Waals surface area contributed by atoms with Gasteiger partial charge < -0.3 is 10.0 Å². The van der Waals surface area contributed by atoms with Crippen molar-refractivity contribution in [3.8, 4) is 0 Å². The number of aliphatic hydroxyl groups is 1. The van der Waals surface area contributed by atoms with E-state index in [1.165, 1.54) is 0 Å². The van der Waals surface area contributed by atoms with Gasteiger partial charge in [0.15, 0.2) is 0 Å². The topological polar surface area (TPSA) is 23.5 Å². The molecule has 19 heavy (non-hydrogen) atoms. The Balaban J connectivity index is 2.48. The zero-order valence-electron chi connectivity index (χ0n) is 11.1. The molecule has 0 fully saturated rings. The molecule has 0 saturated heterocycles. The molecule has 0 aromatic heterocycles. The van der Waals surface area contributed by atoms with Gasteiger partial charge in [0, 0.05) is 11.4 Å². The fourth-order valence-corrected chi connectivity index (χ4v) is 2.19. The van der Waals surface area contributed by atoms with Gasteiger partial charge in [0.05, 0.1) is 12.1 Å². The van der Waals surface area contributed by atoms with E-state index in [0.717, 1.165) is 11.4 Å². The lowest BCUT2D eigenvalue weighted by molar-refractivity contribution is 0.180. The maximum atomic E-state index is 9.99. The molecule has 0 unspecified atom stereocenters. The largest absolute Gasteiger partial charge is 0.391 e.